The number of nitrogens with zero attached hydrogens (tertiary/aromatic N) is 1. The summed E-state index contributed by atoms with van der Waals surface area (Å²) in [6, 6.07) is 4.72. The first-order valence-electron chi connectivity index (χ1n) is 6.19. The fourth-order valence-corrected chi connectivity index (χ4v) is 1.60. The molecule has 1 aromatic rings. The molecule has 0 spiro atoms. The second-order valence-corrected chi connectivity index (χ2v) is 4.32. The number of ether oxygens (including phenoxy) is 2. The van der Waals surface area contributed by atoms with Gasteiger partial charge in [0.05, 0.1) is 6.61 Å². The minimum absolute atomic E-state index is 0.654. The average molecular weight is 236 g/mol. The fourth-order valence-electron chi connectivity index (χ4n) is 1.60. The van der Waals surface area contributed by atoms with E-state index in [-0.39, 0.29) is 0 Å². The minimum atomic E-state index is 0.654. The number of methoxy groups -OCH3 is 1. The van der Waals surface area contributed by atoms with Crippen LogP contribution in [0, 0.1) is 0 Å². The van der Waals surface area contributed by atoms with Gasteiger partial charge in [-0.2, -0.15) is 0 Å². The van der Waals surface area contributed by atoms with Crippen LogP contribution in [-0.4, -0.2) is 31.3 Å². The highest BCUT2D eigenvalue weighted by Gasteiger charge is 2.20. The monoisotopic (exact) mass is 236 g/mol. The highest BCUT2D eigenvalue weighted by atomic mass is 16.5. The van der Waals surface area contributed by atoms with Crippen molar-refractivity contribution < 1.29 is 9.47 Å². The Balaban J connectivity index is 1.80. The summed E-state index contributed by atoms with van der Waals surface area (Å²) in [5.41, 5.74) is 1.14. The van der Waals surface area contributed by atoms with Gasteiger partial charge in [-0.3, -0.25) is 0 Å². The van der Waals surface area contributed by atoms with Gasteiger partial charge in [-0.05, 0) is 18.9 Å². The third kappa shape index (κ3) is 4.32. The van der Waals surface area contributed by atoms with Crippen LogP contribution in [0.2, 0.25) is 0 Å². The second-order valence-electron chi connectivity index (χ2n) is 4.32. The minimum Gasteiger partial charge on any atom is -0.477 e. The van der Waals surface area contributed by atoms with E-state index in [0.29, 0.717) is 12.6 Å². The zero-order valence-corrected chi connectivity index (χ0v) is 10.3. The van der Waals surface area contributed by atoms with Gasteiger partial charge in [0.1, 0.15) is 0 Å². The Morgan fingerprint density at radius 1 is 1.41 bits per heavy atom. The molecule has 4 nitrogen and oxygen atoms in total. The number of aromatic nitrogens is 1. The van der Waals surface area contributed by atoms with Crippen molar-refractivity contribution in [2.24, 2.45) is 0 Å². The van der Waals surface area contributed by atoms with Gasteiger partial charge in [-0.1, -0.05) is 6.07 Å². The molecule has 0 unspecified atom stereocenters. The summed E-state index contributed by atoms with van der Waals surface area (Å²) in [6.07, 6.45) is 5.25. The molecule has 1 saturated carbocycles. The van der Waals surface area contributed by atoms with E-state index < -0.39 is 0 Å². The van der Waals surface area contributed by atoms with Gasteiger partial charge < -0.3 is 14.8 Å². The Hall–Kier alpha value is -1.13. The summed E-state index contributed by atoms with van der Waals surface area (Å²) in [7, 11) is 1.70. The van der Waals surface area contributed by atoms with Gasteiger partial charge in [0, 0.05) is 44.5 Å². The first kappa shape index (κ1) is 12.3. The molecule has 17 heavy (non-hydrogen) atoms. The number of nitrogens with one attached hydrogen (secondary N) is 1. The largest absolute Gasteiger partial charge is 0.477 e. The van der Waals surface area contributed by atoms with Crippen LogP contribution in [0.25, 0.3) is 0 Å². The molecule has 1 aliphatic carbocycles. The molecule has 1 aromatic heterocycles. The molecular formula is C13H20N2O2. The van der Waals surface area contributed by atoms with E-state index in [1.54, 1.807) is 13.3 Å². The summed E-state index contributed by atoms with van der Waals surface area (Å²) in [5, 5.41) is 3.47. The third-order valence-corrected chi connectivity index (χ3v) is 2.74. The van der Waals surface area contributed by atoms with Crippen LogP contribution in [0.15, 0.2) is 18.3 Å². The lowest BCUT2D eigenvalue weighted by molar-refractivity contribution is 0.170. The molecular weight excluding hydrogens is 216 g/mol. The summed E-state index contributed by atoms with van der Waals surface area (Å²) >= 11 is 0. The fraction of sp³-hybridized carbons (Fsp3) is 0.615. The van der Waals surface area contributed by atoms with Crippen LogP contribution in [-0.2, 0) is 11.3 Å². The Bertz CT molecular complexity index is 340. The molecule has 0 atom stereocenters. The smallest absolute Gasteiger partial charge is 0.217 e. The van der Waals surface area contributed by atoms with Crippen LogP contribution in [0.1, 0.15) is 24.8 Å². The van der Waals surface area contributed by atoms with Crippen molar-refractivity contribution in [3.8, 4) is 5.88 Å². The van der Waals surface area contributed by atoms with Gasteiger partial charge in [0.25, 0.3) is 0 Å². The van der Waals surface area contributed by atoms with E-state index >= 15 is 0 Å². The first-order valence-corrected chi connectivity index (χ1v) is 6.19. The standard InChI is InChI=1S/C13H20N2O2/c1-16-8-3-9-17-13-11(4-2-7-14-13)10-15-12-5-6-12/h2,4,7,12,15H,3,5-6,8-10H2,1H3. The SMILES string of the molecule is COCCCOc1ncccc1CNC1CC1. The van der Waals surface area contributed by atoms with Crippen molar-refractivity contribution in [3.05, 3.63) is 23.9 Å². The molecule has 94 valence electrons. The Labute approximate surface area is 102 Å². The molecule has 0 aromatic carbocycles. The lowest BCUT2D eigenvalue weighted by atomic mass is 10.2. The van der Waals surface area contributed by atoms with Crippen molar-refractivity contribution in [2.45, 2.75) is 31.8 Å². The van der Waals surface area contributed by atoms with Gasteiger partial charge in [-0.15, -0.1) is 0 Å². The Morgan fingerprint density at radius 2 is 2.29 bits per heavy atom. The highest BCUT2D eigenvalue weighted by molar-refractivity contribution is 5.25. The lowest BCUT2D eigenvalue weighted by Crippen LogP contribution is -2.16. The van der Waals surface area contributed by atoms with Crippen molar-refractivity contribution in [1.82, 2.24) is 10.3 Å². The van der Waals surface area contributed by atoms with Crippen LogP contribution >= 0.6 is 0 Å². The topological polar surface area (TPSA) is 43.4 Å². The molecule has 0 bridgehead atoms. The summed E-state index contributed by atoms with van der Waals surface area (Å²) < 4.78 is 10.6. The van der Waals surface area contributed by atoms with Crippen LogP contribution in [0.3, 0.4) is 0 Å². The van der Waals surface area contributed by atoms with E-state index in [1.165, 1.54) is 12.8 Å². The van der Waals surface area contributed by atoms with Gasteiger partial charge in [0.2, 0.25) is 5.88 Å². The molecule has 0 radical (unpaired) electrons. The van der Waals surface area contributed by atoms with Crippen LogP contribution < -0.4 is 10.1 Å². The maximum absolute atomic E-state index is 5.66. The number of hydrogen-bond acceptors (Lipinski definition) is 4. The molecule has 1 fully saturated rings. The quantitative estimate of drug-likeness (QED) is 0.698. The van der Waals surface area contributed by atoms with E-state index in [0.717, 1.165) is 31.0 Å². The van der Waals surface area contributed by atoms with E-state index in [2.05, 4.69) is 16.4 Å². The predicted octanol–water partition coefficient (Wildman–Crippen LogP) is 1.75. The summed E-state index contributed by atoms with van der Waals surface area (Å²) in [6.45, 7) is 2.22. The van der Waals surface area contributed by atoms with Gasteiger partial charge >= 0.3 is 0 Å². The lowest BCUT2D eigenvalue weighted by Gasteiger charge is -2.10. The Kier molecular flexibility index (Phi) is 4.76. The zero-order valence-electron chi connectivity index (χ0n) is 10.3. The highest BCUT2D eigenvalue weighted by Crippen LogP contribution is 2.21. The van der Waals surface area contributed by atoms with Crippen LogP contribution in [0.4, 0.5) is 0 Å². The maximum Gasteiger partial charge on any atom is 0.217 e. The van der Waals surface area contributed by atoms with Gasteiger partial charge in [0.15, 0.2) is 0 Å². The molecule has 0 amide bonds. The van der Waals surface area contributed by atoms with Crippen molar-refractivity contribution in [1.29, 1.82) is 0 Å². The Morgan fingerprint density at radius 3 is 3.06 bits per heavy atom. The van der Waals surface area contributed by atoms with E-state index in [4.69, 9.17) is 9.47 Å². The molecule has 1 heterocycles. The van der Waals surface area contributed by atoms with E-state index in [1.807, 2.05) is 6.07 Å². The number of pyridine rings is 1. The first-order chi connectivity index (χ1) is 8.40. The third-order valence-electron chi connectivity index (χ3n) is 2.74. The maximum atomic E-state index is 5.66. The summed E-state index contributed by atoms with van der Waals surface area (Å²) in [4.78, 5) is 4.27. The molecule has 2 rings (SSSR count). The van der Waals surface area contributed by atoms with Crippen LogP contribution in [0.5, 0.6) is 5.88 Å². The second kappa shape index (κ2) is 6.57. The van der Waals surface area contributed by atoms with Crippen molar-refractivity contribution >= 4 is 0 Å². The number of hydrogen-bond donors (Lipinski definition) is 1. The zero-order chi connectivity index (χ0) is 11.9. The average Bonchev–Trinajstić information content (AvgIpc) is 3.17. The normalized spacial score (nSPS) is 14.9. The predicted molar refractivity (Wildman–Crippen MR) is 66.1 cm³/mol. The molecule has 1 N–H and O–H groups in total. The molecule has 0 saturated heterocycles. The van der Waals surface area contributed by atoms with Crippen molar-refractivity contribution in [2.75, 3.05) is 20.3 Å². The number of rotatable bonds is 8. The summed E-state index contributed by atoms with van der Waals surface area (Å²) in [5.74, 6) is 0.747. The molecule has 0 aliphatic heterocycles. The van der Waals surface area contributed by atoms with Crippen molar-refractivity contribution in [3.63, 3.8) is 0 Å². The van der Waals surface area contributed by atoms with E-state index in [9.17, 15) is 0 Å². The molecule has 1 aliphatic rings. The van der Waals surface area contributed by atoms with Gasteiger partial charge in [-0.25, -0.2) is 4.98 Å². The molecule has 4 heteroatoms.